The second-order valence-electron chi connectivity index (χ2n) is 5.08. The van der Waals surface area contributed by atoms with Gasteiger partial charge in [0.25, 0.3) is 0 Å². The number of hydrogen-bond donors (Lipinski definition) is 1. The highest BCUT2D eigenvalue weighted by molar-refractivity contribution is 5.36. The van der Waals surface area contributed by atoms with E-state index in [1.165, 1.54) is 11.1 Å². The van der Waals surface area contributed by atoms with Gasteiger partial charge in [-0.2, -0.15) is 5.10 Å². The molecule has 0 aliphatic rings. The van der Waals surface area contributed by atoms with Crippen LogP contribution in [0.25, 0.3) is 0 Å². The summed E-state index contributed by atoms with van der Waals surface area (Å²) < 4.78 is 7.86. The van der Waals surface area contributed by atoms with Gasteiger partial charge in [0.1, 0.15) is 18.7 Å². The van der Waals surface area contributed by atoms with Gasteiger partial charge in [-0.15, -0.1) is 0 Å². The summed E-state index contributed by atoms with van der Waals surface area (Å²) in [4.78, 5) is 4.27. The number of nitrogens with one attached hydrogen (secondary N) is 1. The Morgan fingerprint density at radius 1 is 1.29 bits per heavy atom. The van der Waals surface area contributed by atoms with Gasteiger partial charge in [0.05, 0.1) is 0 Å². The molecule has 0 amide bonds. The minimum absolute atomic E-state index is 0.447. The van der Waals surface area contributed by atoms with E-state index >= 15 is 0 Å². The molecular formula is C16H24N4O. The molecule has 114 valence electrons. The van der Waals surface area contributed by atoms with Crippen molar-refractivity contribution >= 4 is 0 Å². The summed E-state index contributed by atoms with van der Waals surface area (Å²) in [6.07, 6.45) is 2.62. The van der Waals surface area contributed by atoms with Crippen LogP contribution < -0.4 is 10.1 Å². The molecular weight excluding hydrogens is 264 g/mol. The molecule has 0 unspecified atom stereocenters. The third-order valence-corrected chi connectivity index (χ3v) is 3.27. The van der Waals surface area contributed by atoms with Crippen molar-refractivity contribution in [2.75, 3.05) is 6.54 Å². The first-order chi connectivity index (χ1) is 10.2. The van der Waals surface area contributed by atoms with Gasteiger partial charge in [-0.3, -0.25) is 0 Å². The molecule has 2 rings (SSSR count). The van der Waals surface area contributed by atoms with Crippen molar-refractivity contribution in [3.63, 3.8) is 0 Å². The van der Waals surface area contributed by atoms with Gasteiger partial charge >= 0.3 is 0 Å². The lowest BCUT2D eigenvalue weighted by atomic mass is 10.1. The maximum absolute atomic E-state index is 5.96. The predicted octanol–water partition coefficient (Wildman–Crippen LogP) is 2.69. The lowest BCUT2D eigenvalue weighted by Gasteiger charge is -2.13. The number of aromatic nitrogens is 3. The standard InChI is InChI=1S/C16H24N4O/c1-4-8-20-16(18-12-19-20)11-21-15-7-6-13(3)9-14(15)10-17-5-2/h6-7,9,12,17H,4-5,8,10-11H2,1-3H3. The van der Waals surface area contributed by atoms with E-state index in [0.29, 0.717) is 6.61 Å². The highest BCUT2D eigenvalue weighted by atomic mass is 16.5. The van der Waals surface area contributed by atoms with Gasteiger partial charge in [-0.05, 0) is 26.0 Å². The Bertz CT molecular complexity index is 565. The lowest BCUT2D eigenvalue weighted by molar-refractivity contribution is 0.282. The second-order valence-corrected chi connectivity index (χ2v) is 5.08. The Hall–Kier alpha value is -1.88. The third-order valence-electron chi connectivity index (χ3n) is 3.27. The van der Waals surface area contributed by atoms with Crippen molar-refractivity contribution in [1.29, 1.82) is 0 Å². The van der Waals surface area contributed by atoms with Crippen LogP contribution in [0.15, 0.2) is 24.5 Å². The van der Waals surface area contributed by atoms with Crippen LogP contribution in [0.3, 0.4) is 0 Å². The number of aryl methyl sites for hydroxylation is 2. The molecule has 21 heavy (non-hydrogen) atoms. The van der Waals surface area contributed by atoms with Gasteiger partial charge in [-0.1, -0.05) is 31.5 Å². The van der Waals surface area contributed by atoms with Gasteiger partial charge < -0.3 is 10.1 Å². The van der Waals surface area contributed by atoms with Crippen LogP contribution in [-0.2, 0) is 19.7 Å². The monoisotopic (exact) mass is 288 g/mol. The van der Waals surface area contributed by atoms with E-state index in [1.807, 2.05) is 10.7 Å². The highest BCUT2D eigenvalue weighted by Gasteiger charge is 2.08. The Morgan fingerprint density at radius 2 is 2.14 bits per heavy atom. The van der Waals surface area contributed by atoms with Crippen LogP contribution in [-0.4, -0.2) is 21.3 Å². The molecule has 2 aromatic rings. The first-order valence-electron chi connectivity index (χ1n) is 7.54. The average molecular weight is 288 g/mol. The molecule has 0 spiro atoms. The van der Waals surface area contributed by atoms with Gasteiger partial charge in [0, 0.05) is 18.7 Å². The van der Waals surface area contributed by atoms with E-state index in [9.17, 15) is 0 Å². The first kappa shape index (κ1) is 15.5. The second kappa shape index (κ2) is 7.78. The Balaban J connectivity index is 2.06. The Labute approximate surface area is 126 Å². The van der Waals surface area contributed by atoms with E-state index < -0.39 is 0 Å². The zero-order valence-electron chi connectivity index (χ0n) is 13.1. The fourth-order valence-corrected chi connectivity index (χ4v) is 2.19. The minimum Gasteiger partial charge on any atom is -0.485 e. The third kappa shape index (κ3) is 4.29. The Morgan fingerprint density at radius 3 is 2.90 bits per heavy atom. The minimum atomic E-state index is 0.447. The molecule has 1 aromatic heterocycles. The smallest absolute Gasteiger partial charge is 0.164 e. The molecule has 0 aliphatic carbocycles. The van der Waals surface area contributed by atoms with Crippen molar-refractivity contribution in [3.8, 4) is 5.75 Å². The molecule has 0 aliphatic heterocycles. The maximum atomic E-state index is 5.96. The largest absolute Gasteiger partial charge is 0.485 e. The molecule has 0 atom stereocenters. The van der Waals surface area contributed by atoms with Crippen LogP contribution in [0.2, 0.25) is 0 Å². The molecule has 1 heterocycles. The molecule has 0 saturated heterocycles. The van der Waals surface area contributed by atoms with Gasteiger partial charge in [0.15, 0.2) is 5.82 Å². The molecule has 0 radical (unpaired) electrons. The summed E-state index contributed by atoms with van der Waals surface area (Å²) in [6, 6.07) is 6.26. The summed E-state index contributed by atoms with van der Waals surface area (Å²) in [5.41, 5.74) is 2.42. The molecule has 0 fully saturated rings. The highest BCUT2D eigenvalue weighted by Crippen LogP contribution is 2.21. The normalized spacial score (nSPS) is 10.8. The molecule has 1 N–H and O–H groups in total. The molecule has 5 nitrogen and oxygen atoms in total. The lowest BCUT2D eigenvalue weighted by Crippen LogP contribution is -2.14. The van der Waals surface area contributed by atoms with Gasteiger partial charge in [0.2, 0.25) is 0 Å². The number of ether oxygens (including phenoxy) is 1. The van der Waals surface area contributed by atoms with E-state index in [2.05, 4.69) is 48.3 Å². The number of benzene rings is 1. The zero-order chi connectivity index (χ0) is 15.1. The topological polar surface area (TPSA) is 52.0 Å². The summed E-state index contributed by atoms with van der Waals surface area (Å²) in [7, 11) is 0. The molecule has 0 saturated carbocycles. The zero-order valence-corrected chi connectivity index (χ0v) is 13.1. The summed E-state index contributed by atoms with van der Waals surface area (Å²) in [6.45, 7) is 9.40. The summed E-state index contributed by atoms with van der Waals surface area (Å²) in [5, 5.41) is 7.56. The average Bonchev–Trinajstić information content (AvgIpc) is 2.92. The molecule has 0 bridgehead atoms. The van der Waals surface area contributed by atoms with Crippen LogP contribution in [0.1, 0.15) is 37.2 Å². The van der Waals surface area contributed by atoms with Crippen molar-refractivity contribution < 1.29 is 4.74 Å². The number of rotatable bonds is 8. The van der Waals surface area contributed by atoms with E-state index in [-0.39, 0.29) is 0 Å². The van der Waals surface area contributed by atoms with E-state index in [1.54, 1.807) is 6.33 Å². The first-order valence-corrected chi connectivity index (χ1v) is 7.54. The molecule has 5 heteroatoms. The predicted molar refractivity (Wildman–Crippen MR) is 83.2 cm³/mol. The van der Waals surface area contributed by atoms with E-state index in [4.69, 9.17) is 4.74 Å². The number of hydrogen-bond acceptors (Lipinski definition) is 4. The fourth-order valence-electron chi connectivity index (χ4n) is 2.19. The Kier molecular flexibility index (Phi) is 5.75. The van der Waals surface area contributed by atoms with Crippen molar-refractivity contribution in [2.24, 2.45) is 0 Å². The summed E-state index contributed by atoms with van der Waals surface area (Å²) >= 11 is 0. The van der Waals surface area contributed by atoms with Crippen LogP contribution in [0.4, 0.5) is 0 Å². The van der Waals surface area contributed by atoms with E-state index in [0.717, 1.165) is 37.6 Å². The van der Waals surface area contributed by atoms with Crippen LogP contribution in [0.5, 0.6) is 5.75 Å². The molecule has 1 aromatic carbocycles. The van der Waals surface area contributed by atoms with Crippen LogP contribution in [0, 0.1) is 6.92 Å². The van der Waals surface area contributed by atoms with Crippen molar-refractivity contribution in [1.82, 2.24) is 20.1 Å². The van der Waals surface area contributed by atoms with Gasteiger partial charge in [-0.25, -0.2) is 9.67 Å². The SMILES string of the molecule is CCCn1ncnc1COc1ccc(C)cc1CNCC. The number of nitrogens with zero attached hydrogens (tertiary/aromatic N) is 3. The maximum Gasteiger partial charge on any atom is 0.164 e. The van der Waals surface area contributed by atoms with Crippen LogP contribution >= 0.6 is 0 Å². The van der Waals surface area contributed by atoms with Crippen molar-refractivity contribution in [3.05, 3.63) is 41.5 Å². The summed E-state index contributed by atoms with van der Waals surface area (Å²) in [5.74, 6) is 1.78. The fraction of sp³-hybridized carbons (Fsp3) is 0.500. The van der Waals surface area contributed by atoms with Crippen molar-refractivity contribution in [2.45, 2.75) is 46.9 Å². The quantitative estimate of drug-likeness (QED) is 0.811.